The topological polar surface area (TPSA) is 247 Å². The first-order valence-corrected chi connectivity index (χ1v) is 19.1. The fourth-order valence-electron chi connectivity index (χ4n) is 6.82. The summed E-state index contributed by atoms with van der Waals surface area (Å²) in [6.45, 7) is -9.19. The molecule has 4 aromatic heterocycles. The smallest absolute Gasteiger partial charge is 0.386 e. The first-order chi connectivity index (χ1) is 21.4. The Morgan fingerprint density at radius 3 is 2.49 bits per heavy atom. The minimum Gasteiger partial charge on any atom is -0.397 e. The van der Waals surface area contributed by atoms with Crippen LogP contribution in [0.1, 0.15) is 18.7 Å². The van der Waals surface area contributed by atoms with E-state index in [1.165, 1.54) is 29.7 Å². The maximum atomic E-state index is 13.7. The molecule has 6 N–H and O–H groups in total. The molecule has 8 rings (SSSR count). The van der Waals surface area contributed by atoms with Crippen molar-refractivity contribution in [3.05, 3.63) is 31.2 Å². The van der Waals surface area contributed by atoms with Gasteiger partial charge < -0.3 is 35.5 Å². The molecule has 0 aromatic carbocycles. The van der Waals surface area contributed by atoms with Gasteiger partial charge >= 0.3 is 13.6 Å². The van der Waals surface area contributed by atoms with Gasteiger partial charge in [-0.2, -0.15) is 0 Å². The predicted molar refractivity (Wildman–Crippen MR) is 162 cm³/mol. The van der Waals surface area contributed by atoms with Gasteiger partial charge in [0.25, 0.3) is 0 Å². The molecule has 22 heteroatoms. The fraction of sp³-hybridized carbons (Fsp3) is 0.522. The van der Waals surface area contributed by atoms with E-state index in [0.29, 0.717) is 34.4 Å². The molecule has 1 unspecified atom stereocenters. The van der Waals surface area contributed by atoms with Gasteiger partial charge in [0, 0.05) is 11.6 Å². The van der Waals surface area contributed by atoms with Gasteiger partial charge in [-0.15, -0.1) is 0 Å². The maximum Gasteiger partial charge on any atom is 0.386 e. The van der Waals surface area contributed by atoms with E-state index in [1.54, 1.807) is 10.6 Å². The van der Waals surface area contributed by atoms with Crippen molar-refractivity contribution >= 4 is 71.9 Å². The predicted octanol–water partition coefficient (Wildman–Crippen LogP) is 1.51. The molecule has 1 spiro atoms. The number of nitrogen functional groups attached to an aromatic ring is 2. The van der Waals surface area contributed by atoms with Gasteiger partial charge in [-0.25, -0.2) is 34.0 Å². The number of hydrogen-bond acceptors (Lipinski definition) is 16. The van der Waals surface area contributed by atoms with E-state index in [4.69, 9.17) is 34.3 Å². The fourth-order valence-corrected chi connectivity index (χ4v) is 9.84. The van der Waals surface area contributed by atoms with Gasteiger partial charge in [0.05, 0.1) is 37.6 Å². The highest BCUT2D eigenvalue weighted by molar-refractivity contribution is 8.44. The molecular formula is C23H27N9O9P2S2. The number of aromatic nitrogens is 7. The van der Waals surface area contributed by atoms with Crippen molar-refractivity contribution < 1.29 is 42.2 Å². The van der Waals surface area contributed by atoms with Gasteiger partial charge in [0.2, 0.25) is 0 Å². The number of aliphatic hydroxyl groups excluding tert-OH is 2. The lowest BCUT2D eigenvalue weighted by Crippen LogP contribution is -2.37. The number of nitrogens with zero attached hydrogens (tertiary/aromatic N) is 7. The Kier molecular flexibility index (Phi) is 6.89. The average Bonchev–Trinajstić information content (AvgIpc) is 3.28. The van der Waals surface area contributed by atoms with Crippen molar-refractivity contribution in [2.75, 3.05) is 24.7 Å². The normalized spacial score (nSPS) is 41.7. The van der Waals surface area contributed by atoms with Crippen molar-refractivity contribution in [2.24, 2.45) is 11.3 Å². The number of thiol groups is 2. The van der Waals surface area contributed by atoms with Crippen molar-refractivity contribution in [3.8, 4) is 0 Å². The third-order valence-corrected chi connectivity index (χ3v) is 12.2. The van der Waals surface area contributed by atoms with Gasteiger partial charge in [0.15, 0.2) is 23.3 Å². The summed E-state index contributed by atoms with van der Waals surface area (Å²) in [5.41, 5.74) is 12.8. The van der Waals surface area contributed by atoms with Crippen LogP contribution >= 0.6 is 38.1 Å². The molecule has 0 radical (unpaired) electrons. The molecule has 6 heterocycles. The summed E-state index contributed by atoms with van der Waals surface area (Å²) in [7, 11) is 0. The molecule has 2 aliphatic carbocycles. The van der Waals surface area contributed by atoms with E-state index in [9.17, 15) is 19.3 Å². The van der Waals surface area contributed by atoms with Crippen LogP contribution in [0.25, 0.3) is 22.3 Å². The van der Waals surface area contributed by atoms with Gasteiger partial charge in [-0.05, 0) is 18.4 Å². The van der Waals surface area contributed by atoms with Crippen molar-refractivity contribution in [1.29, 1.82) is 0 Å². The zero-order chi connectivity index (χ0) is 31.5. The Labute approximate surface area is 264 Å². The molecule has 240 valence electrons. The van der Waals surface area contributed by atoms with E-state index in [2.05, 4.69) is 49.4 Å². The third kappa shape index (κ3) is 4.73. The lowest BCUT2D eigenvalue weighted by Gasteiger charge is -2.31. The lowest BCUT2D eigenvalue weighted by atomic mass is 10.0. The number of anilines is 2. The highest BCUT2D eigenvalue weighted by Crippen LogP contribution is 2.73. The molecule has 4 fully saturated rings. The van der Waals surface area contributed by atoms with Crippen LogP contribution in [0.15, 0.2) is 31.2 Å². The Balaban J connectivity index is 1.14. The lowest BCUT2D eigenvalue weighted by molar-refractivity contribution is -0.0554. The maximum absolute atomic E-state index is 13.7. The van der Waals surface area contributed by atoms with Gasteiger partial charge in [-0.1, -0.05) is 24.5 Å². The molecule has 2 saturated carbocycles. The van der Waals surface area contributed by atoms with E-state index in [1.807, 2.05) is 0 Å². The quantitative estimate of drug-likeness (QED) is 0.128. The number of nitrogens with two attached hydrogens (primary N) is 2. The van der Waals surface area contributed by atoms with Crippen LogP contribution in [-0.2, 0) is 32.0 Å². The SMILES string of the molecule is Nc1ncnc2c1ncn2[C@H]1[C@H](O)[C@@H]2O[P@@](=O)(S)OC[C@H]3O[C@@H](n4cnc5c(N)ccnc54)[C@H](O[P@](=O)(S)OCC24C[C@H]14)[C@@H]3O. The number of fused-ring (bicyclic) bond motifs is 4. The van der Waals surface area contributed by atoms with Crippen LogP contribution in [-0.4, -0.2) is 88.0 Å². The number of aliphatic hydroxyl groups is 2. The van der Waals surface area contributed by atoms with E-state index in [-0.39, 0.29) is 18.3 Å². The summed E-state index contributed by atoms with van der Waals surface area (Å²) in [6, 6.07) is 0.910. The van der Waals surface area contributed by atoms with Gasteiger partial charge in [0.1, 0.15) is 47.9 Å². The molecule has 11 atom stereocenters. The zero-order valence-electron chi connectivity index (χ0n) is 23.0. The largest absolute Gasteiger partial charge is 0.397 e. The molecular weight excluding hydrogens is 672 g/mol. The van der Waals surface area contributed by atoms with Crippen LogP contribution in [0.4, 0.5) is 11.5 Å². The van der Waals surface area contributed by atoms with Crippen molar-refractivity contribution in [1.82, 2.24) is 34.1 Å². The monoisotopic (exact) mass is 699 g/mol. The summed E-state index contributed by atoms with van der Waals surface area (Å²) >= 11 is 8.41. The number of ether oxygens (including phenoxy) is 1. The second kappa shape index (κ2) is 10.3. The van der Waals surface area contributed by atoms with E-state index < -0.39 is 68.4 Å². The van der Waals surface area contributed by atoms with Crippen LogP contribution < -0.4 is 11.5 Å². The summed E-state index contributed by atoms with van der Waals surface area (Å²) in [5.74, 6) is -0.162. The minimum atomic E-state index is -4.23. The Hall–Kier alpha value is -2.35. The Morgan fingerprint density at radius 1 is 0.933 bits per heavy atom. The number of pyridine rings is 1. The highest BCUT2D eigenvalue weighted by Gasteiger charge is 2.74. The third-order valence-electron chi connectivity index (χ3n) is 9.00. The van der Waals surface area contributed by atoms with Crippen LogP contribution in [0.5, 0.6) is 0 Å². The van der Waals surface area contributed by atoms with Crippen LogP contribution in [0.3, 0.4) is 0 Å². The first kappa shape index (κ1) is 30.0. The molecule has 18 nitrogen and oxygen atoms in total. The second-order valence-corrected chi connectivity index (χ2v) is 17.2. The molecule has 0 amide bonds. The first-order valence-electron chi connectivity index (χ1n) is 13.7. The molecule has 2 aliphatic heterocycles. The number of hydrogen-bond donors (Lipinski definition) is 6. The second-order valence-electron chi connectivity index (χ2n) is 11.5. The van der Waals surface area contributed by atoms with Crippen LogP contribution in [0.2, 0.25) is 0 Å². The van der Waals surface area contributed by atoms with Gasteiger partial charge in [-0.3, -0.25) is 18.1 Å². The molecule has 4 aromatic rings. The molecule has 2 saturated heterocycles. The highest BCUT2D eigenvalue weighted by atomic mass is 32.7. The van der Waals surface area contributed by atoms with Crippen molar-refractivity contribution in [3.63, 3.8) is 0 Å². The molecule has 2 bridgehead atoms. The summed E-state index contributed by atoms with van der Waals surface area (Å²) in [5, 5.41) is 22.8. The standard InChI is InChI=1S/C23H27N9O9P2S2/c24-10-1-2-26-20-12(10)29-8-32(20)22-17-15(33)11(39-22)4-37-42(35,44)41-18-16(34)14(9-3-23(9,18)5-38-43(36,45)40-17)31-7-30-13-19(25)27-6-28-21(13)31/h1-2,6-9,11,14-18,22,33-34H,3-5H2,(H2,24,26)(H,35,44)(H,36,45)(H2,25,27,28)/t9-,11-,14-,15-,16+,17-,18+,22-,23?,42+,43-/m1/s1. The summed E-state index contributed by atoms with van der Waals surface area (Å²) in [6.07, 6.45) is -1.46. The summed E-state index contributed by atoms with van der Waals surface area (Å²) < 4.78 is 59.7. The Morgan fingerprint density at radius 2 is 1.67 bits per heavy atom. The molecule has 45 heavy (non-hydrogen) atoms. The van der Waals surface area contributed by atoms with Crippen molar-refractivity contribution in [2.45, 2.75) is 49.2 Å². The Bertz CT molecular complexity index is 1930. The van der Waals surface area contributed by atoms with E-state index in [0.717, 1.165) is 0 Å². The number of imidazole rings is 2. The van der Waals surface area contributed by atoms with E-state index >= 15 is 0 Å². The zero-order valence-corrected chi connectivity index (χ0v) is 26.5. The summed E-state index contributed by atoms with van der Waals surface area (Å²) in [4.78, 5) is 21.1. The number of rotatable bonds is 2. The molecule has 4 aliphatic rings. The minimum absolute atomic E-state index is 0.167. The van der Waals surface area contributed by atoms with Crippen LogP contribution in [0, 0.1) is 11.3 Å². The average molecular weight is 700 g/mol.